The van der Waals surface area contributed by atoms with Gasteiger partial charge in [0, 0.05) is 38.9 Å². The highest BCUT2D eigenvalue weighted by molar-refractivity contribution is 5.74. The van der Waals surface area contributed by atoms with Crippen LogP contribution in [0.2, 0.25) is 0 Å². The second-order valence-corrected chi connectivity index (χ2v) is 8.13. The van der Waals surface area contributed by atoms with E-state index >= 15 is 0 Å². The van der Waals surface area contributed by atoms with Gasteiger partial charge >= 0.3 is 0 Å². The van der Waals surface area contributed by atoms with Crippen LogP contribution in [-0.4, -0.2) is 44.8 Å². The van der Waals surface area contributed by atoms with Crippen molar-refractivity contribution < 1.29 is 9.53 Å². The van der Waals surface area contributed by atoms with E-state index in [-0.39, 0.29) is 17.4 Å². The maximum Gasteiger partial charge on any atom is 0.219 e. The molecule has 1 unspecified atom stereocenters. The van der Waals surface area contributed by atoms with E-state index in [1.54, 1.807) is 11.8 Å². The third kappa shape index (κ3) is 3.14. The van der Waals surface area contributed by atoms with Crippen LogP contribution in [-0.2, 0) is 29.1 Å². The Morgan fingerprint density at radius 3 is 2.62 bits per heavy atom. The lowest BCUT2D eigenvalue weighted by Crippen LogP contribution is -2.54. The number of hydrogen-bond donors (Lipinski definition) is 0. The third-order valence-corrected chi connectivity index (χ3v) is 5.77. The first kappa shape index (κ1) is 17.2. The van der Waals surface area contributed by atoms with Gasteiger partial charge in [0.2, 0.25) is 5.91 Å². The number of hydrogen-bond acceptors (Lipinski definition) is 4. The van der Waals surface area contributed by atoms with Crippen molar-refractivity contribution in [2.24, 2.45) is 5.41 Å². The second-order valence-electron chi connectivity index (χ2n) is 8.13. The molecule has 0 aliphatic carbocycles. The maximum absolute atomic E-state index is 11.3. The standard InChI is InChI=1S/C20H26N4O2/c1-14(25)23-10-16(11-23)26-13-19-22-21-18-9-20(2,3)17(12-24(18)19)15-7-5-4-6-8-15/h4-8,16-17H,9-13H2,1-3H3. The highest BCUT2D eigenvalue weighted by Crippen LogP contribution is 2.43. The minimum Gasteiger partial charge on any atom is -0.367 e. The number of benzene rings is 1. The molecule has 0 radical (unpaired) electrons. The lowest BCUT2D eigenvalue weighted by molar-refractivity contribution is -0.143. The Hall–Kier alpha value is -2.21. The van der Waals surface area contributed by atoms with E-state index in [1.165, 1.54) is 5.56 Å². The Kier molecular flexibility index (Phi) is 4.31. The van der Waals surface area contributed by atoms with Gasteiger partial charge in [-0.3, -0.25) is 4.79 Å². The molecular weight excluding hydrogens is 328 g/mol. The summed E-state index contributed by atoms with van der Waals surface area (Å²) in [4.78, 5) is 13.1. The number of likely N-dealkylation sites (tertiary alicyclic amines) is 1. The molecule has 6 heteroatoms. The van der Waals surface area contributed by atoms with Crippen LogP contribution in [0.1, 0.15) is 43.9 Å². The smallest absolute Gasteiger partial charge is 0.219 e. The summed E-state index contributed by atoms with van der Waals surface area (Å²) >= 11 is 0. The van der Waals surface area contributed by atoms with Gasteiger partial charge in [0.1, 0.15) is 12.4 Å². The zero-order chi connectivity index (χ0) is 18.3. The molecule has 1 atom stereocenters. The van der Waals surface area contributed by atoms with Gasteiger partial charge < -0.3 is 14.2 Å². The van der Waals surface area contributed by atoms with Crippen molar-refractivity contribution in [1.29, 1.82) is 0 Å². The lowest BCUT2D eigenvalue weighted by Gasteiger charge is -2.40. The van der Waals surface area contributed by atoms with Gasteiger partial charge in [-0.2, -0.15) is 0 Å². The van der Waals surface area contributed by atoms with Crippen molar-refractivity contribution in [3.8, 4) is 0 Å². The Labute approximate surface area is 154 Å². The zero-order valence-corrected chi connectivity index (χ0v) is 15.7. The molecule has 26 heavy (non-hydrogen) atoms. The molecule has 3 heterocycles. The van der Waals surface area contributed by atoms with Crippen molar-refractivity contribution in [3.05, 3.63) is 47.5 Å². The molecule has 1 saturated heterocycles. The molecule has 4 rings (SSSR count). The van der Waals surface area contributed by atoms with Crippen LogP contribution in [0.4, 0.5) is 0 Å². The van der Waals surface area contributed by atoms with Crippen molar-refractivity contribution in [1.82, 2.24) is 19.7 Å². The molecule has 1 aromatic carbocycles. The van der Waals surface area contributed by atoms with Crippen molar-refractivity contribution in [3.63, 3.8) is 0 Å². The Morgan fingerprint density at radius 1 is 1.19 bits per heavy atom. The van der Waals surface area contributed by atoms with Crippen LogP contribution in [0.3, 0.4) is 0 Å². The van der Waals surface area contributed by atoms with E-state index in [0.29, 0.717) is 25.6 Å². The first-order valence-corrected chi connectivity index (χ1v) is 9.27. The number of aromatic nitrogens is 3. The van der Waals surface area contributed by atoms with Crippen LogP contribution >= 0.6 is 0 Å². The van der Waals surface area contributed by atoms with Crippen LogP contribution in [0, 0.1) is 5.41 Å². The van der Waals surface area contributed by atoms with Gasteiger partial charge in [-0.25, -0.2) is 0 Å². The Bertz CT molecular complexity index is 793. The summed E-state index contributed by atoms with van der Waals surface area (Å²) in [6.07, 6.45) is 1.01. The minimum absolute atomic E-state index is 0.108. The Morgan fingerprint density at radius 2 is 1.92 bits per heavy atom. The molecule has 6 nitrogen and oxygen atoms in total. The van der Waals surface area contributed by atoms with Gasteiger partial charge in [-0.15, -0.1) is 10.2 Å². The normalized spacial score (nSPS) is 22.0. The molecule has 0 spiro atoms. The number of ether oxygens (including phenoxy) is 1. The molecular formula is C20H26N4O2. The number of carbonyl (C=O) groups excluding carboxylic acids is 1. The van der Waals surface area contributed by atoms with Crippen LogP contribution < -0.4 is 0 Å². The quantitative estimate of drug-likeness (QED) is 0.846. The second kappa shape index (κ2) is 6.50. The lowest BCUT2D eigenvalue weighted by atomic mass is 9.70. The van der Waals surface area contributed by atoms with E-state index in [1.807, 2.05) is 0 Å². The Balaban J connectivity index is 1.47. The zero-order valence-electron chi connectivity index (χ0n) is 15.7. The molecule has 0 bridgehead atoms. The van der Waals surface area contributed by atoms with Crippen LogP contribution in [0.25, 0.3) is 0 Å². The van der Waals surface area contributed by atoms with E-state index in [9.17, 15) is 4.79 Å². The fraction of sp³-hybridized carbons (Fsp3) is 0.550. The minimum atomic E-state index is 0.108. The SMILES string of the molecule is CC(=O)N1CC(OCc2nnc3n2CC(c2ccccc2)C(C)(C)C3)C1. The molecule has 0 N–H and O–H groups in total. The summed E-state index contributed by atoms with van der Waals surface area (Å²) in [6.45, 7) is 8.89. The summed E-state index contributed by atoms with van der Waals surface area (Å²) in [7, 11) is 0. The summed E-state index contributed by atoms with van der Waals surface area (Å²) in [5.41, 5.74) is 1.50. The predicted molar refractivity (Wildman–Crippen MR) is 97.5 cm³/mol. The summed E-state index contributed by atoms with van der Waals surface area (Å²) in [6, 6.07) is 10.7. The van der Waals surface area contributed by atoms with Gasteiger partial charge in [-0.1, -0.05) is 44.2 Å². The summed E-state index contributed by atoms with van der Waals surface area (Å²) in [5.74, 6) is 2.46. The first-order valence-electron chi connectivity index (χ1n) is 9.27. The average Bonchev–Trinajstić information content (AvgIpc) is 2.93. The van der Waals surface area contributed by atoms with Crippen molar-refractivity contribution in [2.45, 2.75) is 52.4 Å². The molecule has 2 aromatic rings. The number of amides is 1. The molecule has 1 amide bonds. The molecule has 0 saturated carbocycles. The fourth-order valence-electron chi connectivity index (χ4n) is 4.02. The van der Waals surface area contributed by atoms with E-state index in [4.69, 9.17) is 4.74 Å². The van der Waals surface area contributed by atoms with E-state index < -0.39 is 0 Å². The summed E-state index contributed by atoms with van der Waals surface area (Å²) < 4.78 is 8.17. The van der Waals surface area contributed by atoms with E-state index in [0.717, 1.165) is 24.6 Å². The summed E-state index contributed by atoms with van der Waals surface area (Å²) in [5, 5.41) is 8.80. The largest absolute Gasteiger partial charge is 0.367 e. The van der Waals surface area contributed by atoms with Crippen molar-refractivity contribution in [2.75, 3.05) is 13.1 Å². The number of carbonyl (C=O) groups is 1. The number of fused-ring (bicyclic) bond motifs is 1. The third-order valence-electron chi connectivity index (χ3n) is 5.77. The number of rotatable bonds is 4. The molecule has 138 valence electrons. The average molecular weight is 354 g/mol. The van der Waals surface area contributed by atoms with Gasteiger partial charge in [0.15, 0.2) is 5.82 Å². The highest BCUT2D eigenvalue weighted by atomic mass is 16.5. The van der Waals surface area contributed by atoms with Gasteiger partial charge in [0.05, 0.1) is 6.10 Å². The van der Waals surface area contributed by atoms with Crippen LogP contribution in [0.15, 0.2) is 30.3 Å². The maximum atomic E-state index is 11.3. The van der Waals surface area contributed by atoms with Gasteiger partial charge in [-0.05, 0) is 11.0 Å². The molecule has 1 aromatic heterocycles. The topological polar surface area (TPSA) is 60.3 Å². The monoisotopic (exact) mass is 354 g/mol. The number of nitrogens with zero attached hydrogens (tertiary/aromatic N) is 4. The molecule has 1 fully saturated rings. The van der Waals surface area contributed by atoms with Gasteiger partial charge in [0.25, 0.3) is 0 Å². The predicted octanol–water partition coefficient (Wildman–Crippen LogP) is 2.39. The van der Waals surface area contributed by atoms with Crippen molar-refractivity contribution >= 4 is 5.91 Å². The fourth-order valence-corrected chi connectivity index (χ4v) is 4.02. The first-order chi connectivity index (χ1) is 12.4. The van der Waals surface area contributed by atoms with Crippen LogP contribution in [0.5, 0.6) is 0 Å². The molecule has 2 aliphatic rings. The van der Waals surface area contributed by atoms with E-state index in [2.05, 4.69) is 58.9 Å². The molecule has 2 aliphatic heterocycles. The highest BCUT2D eigenvalue weighted by Gasteiger charge is 2.38.